The molecule has 0 atom stereocenters. The van der Waals surface area contributed by atoms with Crippen molar-refractivity contribution in [2.24, 2.45) is 0 Å². The molecule has 0 heterocycles. The minimum absolute atomic E-state index is 0.124. The van der Waals surface area contributed by atoms with E-state index in [1.165, 1.54) is 6.07 Å². The van der Waals surface area contributed by atoms with Crippen LogP contribution in [0.15, 0.2) is 60.7 Å². The summed E-state index contributed by atoms with van der Waals surface area (Å²) in [5.41, 5.74) is 3.28. The average molecular weight is 443 g/mol. The summed E-state index contributed by atoms with van der Waals surface area (Å²) in [4.78, 5) is 50.1. The number of aryl methyl sites for hydroxylation is 2. The SMILES string of the molecule is Cc1ccc(OCC(=O)OCC(=O)Nc2cccc3c2C(=O)c2ccccc2C3=O)cc1C. The second-order valence-electron chi connectivity index (χ2n) is 7.68. The Kier molecular flexibility index (Phi) is 6.04. The Morgan fingerprint density at radius 2 is 1.48 bits per heavy atom. The van der Waals surface area contributed by atoms with Crippen molar-refractivity contribution >= 4 is 29.1 Å². The number of hydrogen-bond donors (Lipinski definition) is 1. The number of fused-ring (bicyclic) bond motifs is 2. The molecule has 1 amide bonds. The van der Waals surface area contributed by atoms with Crippen LogP contribution in [0.25, 0.3) is 0 Å². The van der Waals surface area contributed by atoms with Gasteiger partial charge in [-0.3, -0.25) is 14.4 Å². The third-order valence-electron chi connectivity index (χ3n) is 5.43. The maximum Gasteiger partial charge on any atom is 0.344 e. The summed E-state index contributed by atoms with van der Waals surface area (Å²) in [6, 6.07) is 16.6. The number of carbonyl (C=O) groups is 4. The predicted octanol–water partition coefficient (Wildman–Crippen LogP) is 3.64. The molecule has 0 unspecified atom stereocenters. The summed E-state index contributed by atoms with van der Waals surface area (Å²) in [6.07, 6.45) is 0. The van der Waals surface area contributed by atoms with Gasteiger partial charge in [0.1, 0.15) is 5.75 Å². The zero-order valence-electron chi connectivity index (χ0n) is 18.1. The van der Waals surface area contributed by atoms with Crippen molar-refractivity contribution < 1.29 is 28.7 Å². The Morgan fingerprint density at radius 3 is 2.21 bits per heavy atom. The monoisotopic (exact) mass is 443 g/mol. The number of carbonyl (C=O) groups excluding carboxylic acids is 4. The Bertz CT molecular complexity index is 1290. The number of esters is 1. The molecular formula is C26H21NO6. The van der Waals surface area contributed by atoms with E-state index in [4.69, 9.17) is 9.47 Å². The highest BCUT2D eigenvalue weighted by atomic mass is 16.6. The molecule has 7 nitrogen and oxygen atoms in total. The van der Waals surface area contributed by atoms with Gasteiger partial charge in [-0.2, -0.15) is 0 Å². The highest BCUT2D eigenvalue weighted by molar-refractivity contribution is 6.30. The molecule has 33 heavy (non-hydrogen) atoms. The van der Waals surface area contributed by atoms with E-state index in [2.05, 4.69) is 5.32 Å². The van der Waals surface area contributed by atoms with E-state index in [0.29, 0.717) is 11.3 Å². The second-order valence-corrected chi connectivity index (χ2v) is 7.68. The normalized spacial score (nSPS) is 11.9. The van der Waals surface area contributed by atoms with Crippen LogP contribution in [-0.4, -0.2) is 36.7 Å². The van der Waals surface area contributed by atoms with Gasteiger partial charge in [0.2, 0.25) is 0 Å². The summed E-state index contributed by atoms with van der Waals surface area (Å²) in [5.74, 6) is -1.46. The smallest absolute Gasteiger partial charge is 0.344 e. The first-order chi connectivity index (χ1) is 15.8. The second kappa shape index (κ2) is 9.08. The number of hydrogen-bond acceptors (Lipinski definition) is 6. The summed E-state index contributed by atoms with van der Waals surface area (Å²) >= 11 is 0. The van der Waals surface area contributed by atoms with Crippen molar-refractivity contribution in [2.75, 3.05) is 18.5 Å². The minimum atomic E-state index is -0.710. The lowest BCUT2D eigenvalue weighted by molar-refractivity contribution is -0.149. The van der Waals surface area contributed by atoms with Gasteiger partial charge >= 0.3 is 5.97 Å². The molecule has 0 saturated carbocycles. The van der Waals surface area contributed by atoms with Gasteiger partial charge in [-0.05, 0) is 43.2 Å². The van der Waals surface area contributed by atoms with Crippen LogP contribution in [0.3, 0.4) is 0 Å². The number of ether oxygens (including phenoxy) is 2. The Hall–Kier alpha value is -4.26. The van der Waals surface area contributed by atoms with Crippen LogP contribution < -0.4 is 10.1 Å². The molecule has 1 N–H and O–H groups in total. The molecule has 0 aliphatic heterocycles. The van der Waals surface area contributed by atoms with Crippen molar-refractivity contribution in [1.29, 1.82) is 0 Å². The molecule has 1 aliphatic carbocycles. The van der Waals surface area contributed by atoms with Gasteiger partial charge in [0.25, 0.3) is 5.91 Å². The number of rotatable bonds is 6. The molecule has 0 spiro atoms. The molecule has 3 aromatic rings. The van der Waals surface area contributed by atoms with Gasteiger partial charge in [-0.1, -0.05) is 42.5 Å². The fourth-order valence-corrected chi connectivity index (χ4v) is 3.57. The number of amides is 1. The maximum atomic E-state index is 13.0. The molecule has 4 rings (SSSR count). The molecule has 0 fully saturated rings. The lowest BCUT2D eigenvalue weighted by atomic mass is 9.83. The van der Waals surface area contributed by atoms with Crippen molar-refractivity contribution in [1.82, 2.24) is 0 Å². The van der Waals surface area contributed by atoms with Crippen LogP contribution in [0.5, 0.6) is 5.75 Å². The first kappa shape index (κ1) is 22.0. The van der Waals surface area contributed by atoms with Crippen molar-refractivity contribution in [3.8, 4) is 5.75 Å². The topological polar surface area (TPSA) is 98.8 Å². The third-order valence-corrected chi connectivity index (χ3v) is 5.43. The maximum absolute atomic E-state index is 13.0. The fourth-order valence-electron chi connectivity index (χ4n) is 3.57. The van der Waals surface area contributed by atoms with Crippen LogP contribution in [-0.2, 0) is 14.3 Å². The van der Waals surface area contributed by atoms with Crippen LogP contribution in [0.2, 0.25) is 0 Å². The van der Waals surface area contributed by atoms with Crippen molar-refractivity contribution in [3.05, 3.63) is 94.0 Å². The summed E-state index contributed by atoms with van der Waals surface area (Å²) in [5, 5.41) is 2.56. The lowest BCUT2D eigenvalue weighted by Crippen LogP contribution is -2.26. The predicted molar refractivity (Wildman–Crippen MR) is 121 cm³/mol. The quantitative estimate of drug-likeness (QED) is 0.457. The van der Waals surface area contributed by atoms with E-state index in [1.807, 2.05) is 26.0 Å². The van der Waals surface area contributed by atoms with Gasteiger partial charge in [0.15, 0.2) is 24.8 Å². The molecule has 7 heteroatoms. The van der Waals surface area contributed by atoms with Crippen molar-refractivity contribution in [3.63, 3.8) is 0 Å². The van der Waals surface area contributed by atoms with E-state index in [9.17, 15) is 19.2 Å². The first-order valence-electron chi connectivity index (χ1n) is 10.3. The van der Waals surface area contributed by atoms with Crippen LogP contribution in [0.1, 0.15) is 43.0 Å². The van der Waals surface area contributed by atoms with Gasteiger partial charge in [-0.15, -0.1) is 0 Å². The van der Waals surface area contributed by atoms with Gasteiger partial charge in [0, 0.05) is 16.7 Å². The van der Waals surface area contributed by atoms with E-state index < -0.39 is 18.5 Å². The molecule has 3 aromatic carbocycles. The number of benzene rings is 3. The Labute approximate surface area is 190 Å². The average Bonchev–Trinajstić information content (AvgIpc) is 2.82. The van der Waals surface area contributed by atoms with Crippen LogP contribution in [0.4, 0.5) is 5.69 Å². The zero-order chi connectivity index (χ0) is 23.5. The zero-order valence-corrected chi connectivity index (χ0v) is 18.1. The van der Waals surface area contributed by atoms with E-state index in [0.717, 1.165) is 11.1 Å². The lowest BCUT2D eigenvalue weighted by Gasteiger charge is -2.20. The molecule has 0 bridgehead atoms. The molecule has 0 saturated heterocycles. The molecule has 166 valence electrons. The number of nitrogens with one attached hydrogen (secondary N) is 1. The van der Waals surface area contributed by atoms with Crippen molar-refractivity contribution in [2.45, 2.75) is 13.8 Å². The van der Waals surface area contributed by atoms with Gasteiger partial charge in [-0.25, -0.2) is 4.79 Å². The summed E-state index contributed by atoms with van der Waals surface area (Å²) < 4.78 is 10.4. The summed E-state index contributed by atoms with van der Waals surface area (Å²) in [6.45, 7) is 3.00. The van der Waals surface area contributed by atoms with Gasteiger partial charge < -0.3 is 14.8 Å². The van der Waals surface area contributed by atoms with Crippen LogP contribution in [0, 0.1) is 13.8 Å². The molecule has 1 aliphatic rings. The van der Waals surface area contributed by atoms with E-state index in [-0.39, 0.29) is 40.6 Å². The standard InChI is InChI=1S/C26H21NO6/c1-15-10-11-17(12-16(15)2)32-14-23(29)33-13-22(28)27-21-9-5-8-20-24(21)26(31)19-7-4-3-6-18(19)25(20)30/h3-12H,13-14H2,1-2H3,(H,27,28). The number of ketones is 2. The molecule has 0 aromatic heterocycles. The van der Waals surface area contributed by atoms with E-state index >= 15 is 0 Å². The fraction of sp³-hybridized carbons (Fsp3) is 0.154. The Balaban J connectivity index is 1.38. The van der Waals surface area contributed by atoms with Crippen LogP contribution >= 0.6 is 0 Å². The Morgan fingerprint density at radius 1 is 0.788 bits per heavy atom. The highest BCUT2D eigenvalue weighted by Crippen LogP contribution is 2.31. The first-order valence-corrected chi connectivity index (χ1v) is 10.3. The van der Waals surface area contributed by atoms with E-state index in [1.54, 1.807) is 42.5 Å². The number of anilines is 1. The molecule has 0 radical (unpaired) electrons. The minimum Gasteiger partial charge on any atom is -0.482 e. The largest absolute Gasteiger partial charge is 0.482 e. The summed E-state index contributed by atoms with van der Waals surface area (Å²) in [7, 11) is 0. The molecular weight excluding hydrogens is 422 g/mol. The van der Waals surface area contributed by atoms with Gasteiger partial charge in [0.05, 0.1) is 11.3 Å². The third kappa shape index (κ3) is 4.52. The highest BCUT2D eigenvalue weighted by Gasteiger charge is 2.31.